The van der Waals surface area contributed by atoms with Gasteiger partial charge >= 0.3 is 5.69 Å². The molecule has 0 fully saturated rings. The molecule has 0 spiro atoms. The lowest BCUT2D eigenvalue weighted by molar-refractivity contribution is -0.385. The first-order valence-corrected chi connectivity index (χ1v) is 8.39. The van der Waals surface area contributed by atoms with Gasteiger partial charge in [-0.3, -0.25) is 14.9 Å². The van der Waals surface area contributed by atoms with Gasteiger partial charge in [-0.25, -0.2) is 0 Å². The predicted molar refractivity (Wildman–Crippen MR) is 104 cm³/mol. The van der Waals surface area contributed by atoms with Crippen molar-refractivity contribution in [1.82, 2.24) is 0 Å². The number of hydrogen-bond acceptors (Lipinski definition) is 7. The van der Waals surface area contributed by atoms with Crippen LogP contribution in [0.5, 0.6) is 23.0 Å². The van der Waals surface area contributed by atoms with Crippen molar-refractivity contribution in [3.05, 3.63) is 87.5 Å². The largest absolute Gasteiger partial charge is 0.457 e. The fourth-order valence-corrected chi connectivity index (χ4v) is 2.55. The minimum Gasteiger partial charge on any atom is -0.457 e. The fourth-order valence-electron chi connectivity index (χ4n) is 2.55. The van der Waals surface area contributed by atoms with Crippen LogP contribution in [0.25, 0.3) is 0 Å². The van der Waals surface area contributed by atoms with E-state index in [4.69, 9.17) is 25.7 Å². The predicted octanol–water partition coefficient (Wildman–Crippen LogP) is 4.02. The molecule has 3 aromatic rings. The van der Waals surface area contributed by atoms with E-state index in [1.165, 1.54) is 36.4 Å². The Morgan fingerprint density at radius 2 is 1.53 bits per heavy atom. The summed E-state index contributed by atoms with van der Waals surface area (Å²) in [5.41, 5.74) is 5.46. The molecule has 0 heterocycles. The van der Waals surface area contributed by atoms with Crippen molar-refractivity contribution in [1.29, 1.82) is 10.5 Å². The number of nitrogens with zero attached hydrogens (tertiary/aromatic N) is 3. The van der Waals surface area contributed by atoms with E-state index in [9.17, 15) is 14.9 Å². The van der Waals surface area contributed by atoms with Gasteiger partial charge in [0.1, 0.15) is 17.2 Å². The highest BCUT2D eigenvalue weighted by molar-refractivity contribution is 5.93. The van der Waals surface area contributed by atoms with Gasteiger partial charge in [0, 0.05) is 23.8 Å². The van der Waals surface area contributed by atoms with Crippen molar-refractivity contribution in [3.8, 4) is 35.1 Å². The number of carbonyl (C=O) groups is 1. The normalized spacial score (nSPS) is 9.80. The standard InChI is InChI=1S/C21H12N4O5/c22-11-13-6-14(12-23)8-18(7-13)29-16-2-1-3-17(10-16)30-20-9-15(21(24)26)4-5-19(20)25(27)28/h1-10H,(H2,24,26). The van der Waals surface area contributed by atoms with Gasteiger partial charge in [0.05, 0.1) is 28.2 Å². The number of nitriles is 2. The molecule has 30 heavy (non-hydrogen) atoms. The molecule has 0 bridgehead atoms. The Morgan fingerprint density at radius 1 is 0.900 bits per heavy atom. The molecular weight excluding hydrogens is 388 g/mol. The zero-order chi connectivity index (χ0) is 21.7. The van der Waals surface area contributed by atoms with Crippen molar-refractivity contribution in [2.75, 3.05) is 0 Å². The summed E-state index contributed by atoms with van der Waals surface area (Å²) in [4.78, 5) is 22.0. The molecule has 2 N–H and O–H groups in total. The maximum absolute atomic E-state index is 11.4. The summed E-state index contributed by atoms with van der Waals surface area (Å²) in [6.07, 6.45) is 0. The molecule has 0 aliphatic rings. The summed E-state index contributed by atoms with van der Waals surface area (Å²) >= 11 is 0. The van der Waals surface area contributed by atoms with Crippen LogP contribution >= 0.6 is 0 Å². The maximum atomic E-state index is 11.4. The number of hydrogen-bond donors (Lipinski definition) is 1. The summed E-state index contributed by atoms with van der Waals surface area (Å²) < 4.78 is 11.3. The molecule has 0 saturated carbocycles. The van der Waals surface area contributed by atoms with E-state index in [0.717, 1.165) is 6.07 Å². The first-order chi connectivity index (χ1) is 14.4. The van der Waals surface area contributed by atoms with Gasteiger partial charge in [-0.15, -0.1) is 0 Å². The molecule has 1 amide bonds. The van der Waals surface area contributed by atoms with Crippen molar-refractivity contribution >= 4 is 11.6 Å². The van der Waals surface area contributed by atoms with E-state index in [1.807, 2.05) is 12.1 Å². The van der Waals surface area contributed by atoms with Gasteiger partial charge < -0.3 is 15.2 Å². The van der Waals surface area contributed by atoms with Crippen LogP contribution in [0.1, 0.15) is 21.5 Å². The molecular formula is C21H12N4O5. The number of amides is 1. The third-order valence-corrected chi connectivity index (χ3v) is 3.87. The third-order valence-electron chi connectivity index (χ3n) is 3.87. The number of benzene rings is 3. The quantitative estimate of drug-likeness (QED) is 0.484. The Balaban J connectivity index is 1.91. The highest BCUT2D eigenvalue weighted by Crippen LogP contribution is 2.34. The van der Waals surface area contributed by atoms with Crippen LogP contribution in [-0.2, 0) is 0 Å². The average molecular weight is 400 g/mol. The van der Waals surface area contributed by atoms with Crippen LogP contribution in [-0.4, -0.2) is 10.8 Å². The second kappa shape index (κ2) is 8.42. The SMILES string of the molecule is N#Cc1cc(C#N)cc(Oc2cccc(Oc3cc(C(N)=O)ccc3[N+](=O)[O-])c2)c1. The zero-order valence-corrected chi connectivity index (χ0v) is 15.2. The van der Waals surface area contributed by atoms with Crippen molar-refractivity contribution in [3.63, 3.8) is 0 Å². The van der Waals surface area contributed by atoms with E-state index in [2.05, 4.69) is 0 Å². The summed E-state index contributed by atoms with van der Waals surface area (Å²) in [6.45, 7) is 0. The first-order valence-electron chi connectivity index (χ1n) is 8.39. The van der Waals surface area contributed by atoms with E-state index >= 15 is 0 Å². The Labute approximate surface area is 170 Å². The minimum atomic E-state index is -0.752. The Morgan fingerprint density at radius 3 is 2.10 bits per heavy atom. The topological polar surface area (TPSA) is 152 Å². The number of nitrogens with two attached hydrogens (primary N) is 1. The molecule has 0 aliphatic carbocycles. The van der Waals surface area contributed by atoms with E-state index in [1.54, 1.807) is 18.2 Å². The number of rotatable bonds is 6. The molecule has 0 radical (unpaired) electrons. The first kappa shape index (κ1) is 19.9. The molecule has 0 saturated heterocycles. The number of ether oxygens (including phenoxy) is 2. The molecule has 0 unspecified atom stereocenters. The van der Waals surface area contributed by atoms with Crippen molar-refractivity contribution in [2.45, 2.75) is 0 Å². The summed E-state index contributed by atoms with van der Waals surface area (Å²) in [5.74, 6) is -0.136. The Kier molecular flexibility index (Phi) is 5.57. The molecule has 3 rings (SSSR count). The number of nitro benzene ring substituents is 1. The number of carbonyl (C=O) groups excluding carboxylic acids is 1. The lowest BCUT2D eigenvalue weighted by Crippen LogP contribution is -2.11. The molecule has 0 aliphatic heterocycles. The van der Waals surface area contributed by atoms with Crippen LogP contribution in [0.3, 0.4) is 0 Å². The zero-order valence-electron chi connectivity index (χ0n) is 15.2. The van der Waals surface area contributed by atoms with Crippen LogP contribution in [0.15, 0.2) is 60.7 Å². The van der Waals surface area contributed by atoms with E-state index in [-0.39, 0.29) is 39.6 Å². The van der Waals surface area contributed by atoms with Gasteiger partial charge in [0.15, 0.2) is 0 Å². The Hall–Kier alpha value is -4.89. The Bertz CT molecular complexity index is 1210. The molecule has 3 aromatic carbocycles. The smallest absolute Gasteiger partial charge is 0.311 e. The van der Waals surface area contributed by atoms with E-state index < -0.39 is 10.8 Å². The number of nitro groups is 1. The second-order valence-corrected chi connectivity index (χ2v) is 5.95. The lowest BCUT2D eigenvalue weighted by Gasteiger charge is -2.10. The third kappa shape index (κ3) is 4.50. The molecule has 9 nitrogen and oxygen atoms in total. The van der Waals surface area contributed by atoms with Crippen LogP contribution < -0.4 is 15.2 Å². The average Bonchev–Trinajstić information content (AvgIpc) is 2.73. The van der Waals surface area contributed by atoms with Gasteiger partial charge in [-0.05, 0) is 36.4 Å². The van der Waals surface area contributed by atoms with Gasteiger partial charge in [-0.1, -0.05) is 6.07 Å². The molecule has 0 aromatic heterocycles. The molecule has 0 atom stereocenters. The lowest BCUT2D eigenvalue weighted by atomic mass is 10.1. The van der Waals surface area contributed by atoms with Gasteiger partial charge in [0.2, 0.25) is 11.7 Å². The second-order valence-electron chi connectivity index (χ2n) is 5.95. The van der Waals surface area contributed by atoms with Gasteiger partial charge in [-0.2, -0.15) is 10.5 Å². The molecule has 146 valence electrons. The van der Waals surface area contributed by atoms with Crippen molar-refractivity contribution < 1.29 is 19.2 Å². The highest BCUT2D eigenvalue weighted by atomic mass is 16.6. The summed E-state index contributed by atoms with van der Waals surface area (Å²) in [5, 5.41) is 29.4. The fraction of sp³-hybridized carbons (Fsp3) is 0. The maximum Gasteiger partial charge on any atom is 0.311 e. The highest BCUT2D eigenvalue weighted by Gasteiger charge is 2.18. The van der Waals surface area contributed by atoms with Crippen LogP contribution in [0.2, 0.25) is 0 Å². The number of primary amides is 1. The summed E-state index contributed by atoms with van der Waals surface area (Å²) in [7, 11) is 0. The van der Waals surface area contributed by atoms with Gasteiger partial charge in [0.25, 0.3) is 0 Å². The van der Waals surface area contributed by atoms with Crippen molar-refractivity contribution in [2.24, 2.45) is 5.73 Å². The minimum absolute atomic E-state index is 0.0559. The van der Waals surface area contributed by atoms with E-state index in [0.29, 0.717) is 5.75 Å². The van der Waals surface area contributed by atoms with Crippen LogP contribution in [0, 0.1) is 32.8 Å². The molecule has 9 heteroatoms. The van der Waals surface area contributed by atoms with Crippen LogP contribution in [0.4, 0.5) is 5.69 Å². The monoisotopic (exact) mass is 400 g/mol. The summed E-state index contributed by atoms with van der Waals surface area (Å²) in [6, 6.07) is 18.0.